The molecule has 0 amide bonds. The summed E-state index contributed by atoms with van der Waals surface area (Å²) >= 11 is 6.44. The van der Waals surface area contributed by atoms with Crippen LogP contribution in [0.5, 0.6) is 0 Å². The Hall–Kier alpha value is -1.52. The van der Waals surface area contributed by atoms with E-state index < -0.39 is 9.84 Å². The van der Waals surface area contributed by atoms with Crippen LogP contribution in [0.25, 0.3) is 0 Å². The van der Waals surface area contributed by atoms with Crippen molar-refractivity contribution in [1.82, 2.24) is 0 Å². The van der Waals surface area contributed by atoms with E-state index in [4.69, 9.17) is 11.6 Å². The van der Waals surface area contributed by atoms with Crippen LogP contribution in [0.1, 0.15) is 17.2 Å². The lowest BCUT2D eigenvalue weighted by Gasteiger charge is -2.19. The van der Waals surface area contributed by atoms with Gasteiger partial charge < -0.3 is 5.32 Å². The summed E-state index contributed by atoms with van der Waals surface area (Å²) < 4.78 is 22.9. The van der Waals surface area contributed by atoms with Gasteiger partial charge in [-0.3, -0.25) is 0 Å². The monoisotopic (exact) mass is 321 g/mol. The molecule has 5 heteroatoms. The highest BCUT2D eigenvalue weighted by atomic mass is 35.5. The van der Waals surface area contributed by atoms with Gasteiger partial charge in [-0.25, -0.2) is 8.42 Å². The van der Waals surface area contributed by atoms with E-state index >= 15 is 0 Å². The SMILES string of the molecule is CS(=O)(=O)c1ccc(NC2c3ccccc3CC2Cl)cc1. The summed E-state index contributed by atoms with van der Waals surface area (Å²) in [5, 5.41) is 3.40. The van der Waals surface area contributed by atoms with E-state index in [9.17, 15) is 8.42 Å². The number of alkyl halides is 1. The Labute approximate surface area is 129 Å². The molecule has 0 radical (unpaired) electrons. The van der Waals surface area contributed by atoms with E-state index in [1.807, 2.05) is 12.1 Å². The molecule has 110 valence electrons. The van der Waals surface area contributed by atoms with Crippen molar-refractivity contribution in [2.45, 2.75) is 22.7 Å². The van der Waals surface area contributed by atoms with Crippen LogP contribution in [0.3, 0.4) is 0 Å². The van der Waals surface area contributed by atoms with Crippen molar-refractivity contribution in [2.75, 3.05) is 11.6 Å². The van der Waals surface area contributed by atoms with Crippen LogP contribution >= 0.6 is 11.6 Å². The Bertz CT molecular complexity index is 756. The average molecular weight is 322 g/mol. The quantitative estimate of drug-likeness (QED) is 0.881. The lowest BCUT2D eigenvalue weighted by atomic mass is 10.1. The molecule has 0 heterocycles. The molecule has 3 nitrogen and oxygen atoms in total. The highest BCUT2D eigenvalue weighted by Crippen LogP contribution is 2.37. The van der Waals surface area contributed by atoms with E-state index in [-0.39, 0.29) is 11.4 Å². The molecule has 1 N–H and O–H groups in total. The van der Waals surface area contributed by atoms with Crippen LogP contribution in [-0.2, 0) is 16.3 Å². The summed E-state index contributed by atoms with van der Waals surface area (Å²) in [6, 6.07) is 15.0. The van der Waals surface area contributed by atoms with Gasteiger partial charge in [-0.1, -0.05) is 24.3 Å². The third-order valence-corrected chi connectivity index (χ3v) is 5.31. The molecule has 0 spiro atoms. The van der Waals surface area contributed by atoms with Crippen LogP contribution in [0.4, 0.5) is 5.69 Å². The van der Waals surface area contributed by atoms with Crippen molar-refractivity contribution in [3.8, 4) is 0 Å². The molecule has 0 bridgehead atoms. The molecule has 3 rings (SSSR count). The lowest BCUT2D eigenvalue weighted by molar-refractivity contribution is 0.602. The molecule has 2 unspecified atom stereocenters. The minimum Gasteiger partial charge on any atom is -0.377 e. The summed E-state index contributed by atoms with van der Waals surface area (Å²) in [5.74, 6) is 0. The summed E-state index contributed by atoms with van der Waals surface area (Å²) in [6.07, 6.45) is 2.05. The maximum atomic E-state index is 11.5. The molecule has 21 heavy (non-hydrogen) atoms. The summed E-state index contributed by atoms with van der Waals surface area (Å²) in [6.45, 7) is 0. The smallest absolute Gasteiger partial charge is 0.175 e. The number of rotatable bonds is 3. The third-order valence-electron chi connectivity index (χ3n) is 3.77. The highest BCUT2D eigenvalue weighted by Gasteiger charge is 2.30. The Balaban J connectivity index is 1.84. The van der Waals surface area contributed by atoms with Crippen molar-refractivity contribution >= 4 is 27.1 Å². The number of sulfone groups is 1. The molecule has 0 saturated heterocycles. The Morgan fingerprint density at radius 1 is 1.10 bits per heavy atom. The number of benzene rings is 2. The number of hydrogen-bond acceptors (Lipinski definition) is 3. The van der Waals surface area contributed by atoms with Gasteiger partial charge in [0.2, 0.25) is 0 Å². The van der Waals surface area contributed by atoms with Crippen molar-refractivity contribution in [2.24, 2.45) is 0 Å². The largest absolute Gasteiger partial charge is 0.377 e. The Morgan fingerprint density at radius 3 is 2.43 bits per heavy atom. The first-order valence-corrected chi connectivity index (χ1v) is 9.06. The zero-order valence-electron chi connectivity index (χ0n) is 11.6. The fourth-order valence-electron chi connectivity index (χ4n) is 2.69. The second-order valence-corrected chi connectivity index (χ2v) is 7.91. The fraction of sp³-hybridized carbons (Fsp3) is 0.250. The standard InChI is InChI=1S/C16H16ClNO2S/c1-21(19,20)13-8-6-12(7-9-13)18-16-14-5-3-2-4-11(14)10-15(16)17/h2-9,15-16,18H,10H2,1H3. The number of halogens is 1. The highest BCUT2D eigenvalue weighted by molar-refractivity contribution is 7.90. The van der Waals surface area contributed by atoms with E-state index in [0.29, 0.717) is 4.90 Å². The first kappa shape index (κ1) is 14.4. The molecule has 1 aliphatic carbocycles. The minimum absolute atomic E-state index is 0.00279. The van der Waals surface area contributed by atoms with Crippen LogP contribution in [0, 0.1) is 0 Å². The van der Waals surface area contributed by atoms with E-state index in [1.165, 1.54) is 17.4 Å². The van der Waals surface area contributed by atoms with Crippen molar-refractivity contribution in [1.29, 1.82) is 0 Å². The summed E-state index contributed by atoms with van der Waals surface area (Å²) in [5.41, 5.74) is 3.35. The number of fused-ring (bicyclic) bond motifs is 1. The van der Waals surface area contributed by atoms with Crippen LogP contribution in [0.2, 0.25) is 0 Å². The van der Waals surface area contributed by atoms with E-state index in [1.54, 1.807) is 24.3 Å². The minimum atomic E-state index is -3.16. The molecule has 2 aromatic rings. The van der Waals surface area contributed by atoms with Gasteiger partial charge in [0.15, 0.2) is 9.84 Å². The number of anilines is 1. The van der Waals surface area contributed by atoms with Crippen LogP contribution in [0.15, 0.2) is 53.4 Å². The number of hydrogen-bond donors (Lipinski definition) is 1. The summed E-state index contributed by atoms with van der Waals surface area (Å²) in [7, 11) is -3.16. The Kier molecular flexibility index (Phi) is 3.68. The van der Waals surface area contributed by atoms with Crippen molar-refractivity contribution in [3.05, 3.63) is 59.7 Å². The van der Waals surface area contributed by atoms with Gasteiger partial charge in [-0.15, -0.1) is 11.6 Å². The normalized spacial score (nSPS) is 21.0. The first-order chi connectivity index (χ1) is 9.95. The van der Waals surface area contributed by atoms with Gasteiger partial charge in [-0.2, -0.15) is 0 Å². The fourth-order valence-corrected chi connectivity index (χ4v) is 3.69. The third kappa shape index (κ3) is 2.92. The van der Waals surface area contributed by atoms with Gasteiger partial charge in [0.25, 0.3) is 0 Å². The molecule has 0 fully saturated rings. The number of nitrogens with one attached hydrogen (secondary N) is 1. The summed E-state index contributed by atoms with van der Waals surface area (Å²) in [4.78, 5) is 0.322. The molecule has 1 aliphatic rings. The average Bonchev–Trinajstić information content (AvgIpc) is 2.75. The van der Waals surface area contributed by atoms with Gasteiger partial charge in [0.05, 0.1) is 16.3 Å². The molecule has 0 aliphatic heterocycles. The lowest BCUT2D eigenvalue weighted by Crippen LogP contribution is -2.16. The molecular formula is C16H16ClNO2S. The predicted octanol–water partition coefficient (Wildman–Crippen LogP) is 3.41. The maximum Gasteiger partial charge on any atom is 0.175 e. The molecular weight excluding hydrogens is 306 g/mol. The second-order valence-electron chi connectivity index (χ2n) is 5.34. The van der Waals surface area contributed by atoms with Gasteiger partial charge >= 0.3 is 0 Å². The van der Waals surface area contributed by atoms with Crippen molar-refractivity contribution in [3.63, 3.8) is 0 Å². The first-order valence-electron chi connectivity index (χ1n) is 6.74. The molecule has 0 aromatic heterocycles. The molecule has 0 saturated carbocycles. The van der Waals surface area contributed by atoms with Gasteiger partial charge in [-0.05, 0) is 41.8 Å². The van der Waals surface area contributed by atoms with Gasteiger partial charge in [0.1, 0.15) is 0 Å². The van der Waals surface area contributed by atoms with Crippen molar-refractivity contribution < 1.29 is 8.42 Å². The zero-order valence-corrected chi connectivity index (χ0v) is 13.2. The topological polar surface area (TPSA) is 46.2 Å². The van der Waals surface area contributed by atoms with E-state index in [0.717, 1.165) is 12.1 Å². The Morgan fingerprint density at radius 2 is 1.76 bits per heavy atom. The van der Waals surface area contributed by atoms with Crippen LogP contribution in [-0.4, -0.2) is 20.1 Å². The second kappa shape index (κ2) is 5.35. The zero-order chi connectivity index (χ0) is 15.0. The molecule has 2 aromatic carbocycles. The molecule has 2 atom stereocenters. The van der Waals surface area contributed by atoms with Crippen LogP contribution < -0.4 is 5.32 Å². The van der Waals surface area contributed by atoms with E-state index in [2.05, 4.69) is 17.4 Å². The predicted molar refractivity (Wildman–Crippen MR) is 85.7 cm³/mol. The maximum absolute atomic E-state index is 11.5. The van der Waals surface area contributed by atoms with Gasteiger partial charge in [0, 0.05) is 11.9 Å².